The van der Waals surface area contributed by atoms with Gasteiger partial charge >= 0.3 is 0 Å². The molecule has 5 atom stereocenters. The van der Waals surface area contributed by atoms with Crippen LogP contribution in [0.4, 0.5) is 0 Å². The van der Waals surface area contributed by atoms with Crippen molar-refractivity contribution >= 4 is 5.91 Å². The molecule has 3 aliphatic rings. The fourth-order valence-corrected chi connectivity index (χ4v) is 5.42. The number of hydrogen-bond donors (Lipinski definition) is 1. The summed E-state index contributed by atoms with van der Waals surface area (Å²) in [6.45, 7) is 8.43. The minimum Gasteiger partial charge on any atom is -0.377 e. The summed E-state index contributed by atoms with van der Waals surface area (Å²) < 4.78 is 7.79. The van der Waals surface area contributed by atoms with Crippen molar-refractivity contribution in [1.29, 1.82) is 0 Å². The van der Waals surface area contributed by atoms with E-state index in [-0.39, 0.29) is 23.3 Å². The predicted molar refractivity (Wildman–Crippen MR) is 95.0 cm³/mol. The summed E-state index contributed by atoms with van der Waals surface area (Å²) in [5.74, 6) is 1.15. The lowest BCUT2D eigenvalue weighted by Gasteiger charge is -2.55. The molecule has 1 aliphatic carbocycles. The number of aromatic nitrogens is 2. The second-order valence-electron chi connectivity index (χ2n) is 8.67. The standard InChI is InChI=1S/C19H30N4O2/c1-11-14(10-21-23(11)5)16-12(8-15(24)22(16)4)9-20-17-13-6-7-25-18(13)19(17,2)3/h10,12-13,16-18,20H,6-9H2,1-5H3/t12-,13?,16+,17?,18?/m0/s1. The number of hydrogen-bond acceptors (Lipinski definition) is 4. The molecule has 1 saturated carbocycles. The molecule has 2 saturated heterocycles. The maximum atomic E-state index is 12.4. The Bertz CT molecular complexity index is 683. The molecule has 6 nitrogen and oxygen atoms in total. The van der Waals surface area contributed by atoms with E-state index in [4.69, 9.17) is 4.74 Å². The van der Waals surface area contributed by atoms with E-state index in [1.54, 1.807) is 0 Å². The maximum Gasteiger partial charge on any atom is 0.223 e. The average molecular weight is 346 g/mol. The molecule has 3 unspecified atom stereocenters. The normalized spacial score (nSPS) is 36.6. The fourth-order valence-electron chi connectivity index (χ4n) is 5.42. The van der Waals surface area contributed by atoms with Gasteiger partial charge < -0.3 is 15.0 Å². The summed E-state index contributed by atoms with van der Waals surface area (Å²) in [4.78, 5) is 14.3. The SMILES string of the molecule is Cc1c([C@H]2[C@H](CNC3C4CCOC4C3(C)C)CC(=O)N2C)cnn1C. The van der Waals surface area contributed by atoms with Crippen LogP contribution in [0.3, 0.4) is 0 Å². The van der Waals surface area contributed by atoms with E-state index in [1.165, 1.54) is 5.56 Å². The molecule has 1 aromatic heterocycles. The number of nitrogens with zero attached hydrogens (tertiary/aromatic N) is 3. The Kier molecular flexibility index (Phi) is 3.96. The molecule has 1 N–H and O–H groups in total. The zero-order valence-corrected chi connectivity index (χ0v) is 16.0. The third-order valence-electron chi connectivity index (χ3n) is 6.99. The summed E-state index contributed by atoms with van der Waals surface area (Å²) >= 11 is 0. The van der Waals surface area contributed by atoms with Crippen molar-refractivity contribution in [3.8, 4) is 0 Å². The van der Waals surface area contributed by atoms with Gasteiger partial charge in [0.2, 0.25) is 5.91 Å². The van der Waals surface area contributed by atoms with Crippen molar-refractivity contribution in [1.82, 2.24) is 20.0 Å². The van der Waals surface area contributed by atoms with Crippen molar-refractivity contribution in [2.45, 2.75) is 51.8 Å². The van der Waals surface area contributed by atoms with Crippen molar-refractivity contribution < 1.29 is 9.53 Å². The summed E-state index contributed by atoms with van der Waals surface area (Å²) in [5.41, 5.74) is 2.50. The van der Waals surface area contributed by atoms with Crippen molar-refractivity contribution in [2.75, 3.05) is 20.2 Å². The van der Waals surface area contributed by atoms with Crippen LogP contribution in [-0.4, -0.2) is 52.9 Å². The van der Waals surface area contributed by atoms with E-state index in [2.05, 4.69) is 31.2 Å². The summed E-state index contributed by atoms with van der Waals surface area (Å²) in [7, 11) is 3.88. The van der Waals surface area contributed by atoms with Crippen LogP contribution in [0.2, 0.25) is 0 Å². The van der Waals surface area contributed by atoms with Gasteiger partial charge in [-0.25, -0.2) is 0 Å². The summed E-state index contributed by atoms with van der Waals surface area (Å²) in [6.07, 6.45) is 4.09. The first-order valence-corrected chi connectivity index (χ1v) is 9.41. The highest BCUT2D eigenvalue weighted by molar-refractivity contribution is 5.79. The zero-order chi connectivity index (χ0) is 17.9. The average Bonchev–Trinajstić information content (AvgIpc) is 3.21. The molecular weight excluding hydrogens is 316 g/mol. The van der Waals surface area contributed by atoms with Crippen LogP contribution < -0.4 is 5.32 Å². The van der Waals surface area contributed by atoms with Gasteiger partial charge in [-0.05, 0) is 13.3 Å². The van der Waals surface area contributed by atoms with Gasteiger partial charge in [0.05, 0.1) is 18.3 Å². The first-order chi connectivity index (χ1) is 11.8. The Morgan fingerprint density at radius 2 is 2.16 bits per heavy atom. The lowest BCUT2D eigenvalue weighted by Crippen LogP contribution is -2.66. The monoisotopic (exact) mass is 346 g/mol. The lowest BCUT2D eigenvalue weighted by atomic mass is 9.57. The van der Waals surface area contributed by atoms with Crippen LogP contribution in [0.15, 0.2) is 6.20 Å². The van der Waals surface area contributed by atoms with E-state index in [0.29, 0.717) is 24.5 Å². The molecular formula is C19H30N4O2. The number of amides is 1. The van der Waals surface area contributed by atoms with Gasteiger partial charge in [0.25, 0.3) is 0 Å². The van der Waals surface area contributed by atoms with E-state index in [9.17, 15) is 4.79 Å². The second kappa shape index (κ2) is 5.81. The van der Waals surface area contributed by atoms with E-state index in [0.717, 1.165) is 25.3 Å². The largest absolute Gasteiger partial charge is 0.377 e. The Morgan fingerprint density at radius 3 is 2.84 bits per heavy atom. The highest BCUT2D eigenvalue weighted by Crippen LogP contribution is 2.52. The number of fused-ring (bicyclic) bond motifs is 1. The van der Waals surface area contributed by atoms with Gasteiger partial charge in [-0.1, -0.05) is 13.8 Å². The Balaban J connectivity index is 1.49. The maximum absolute atomic E-state index is 12.4. The fraction of sp³-hybridized carbons (Fsp3) is 0.789. The number of nitrogens with one attached hydrogen (secondary N) is 1. The molecule has 3 heterocycles. The number of carbonyl (C=O) groups excluding carboxylic acids is 1. The molecule has 4 rings (SSSR count). The van der Waals surface area contributed by atoms with Gasteiger partial charge in [-0.15, -0.1) is 0 Å². The molecule has 3 fully saturated rings. The molecule has 0 radical (unpaired) electrons. The molecule has 6 heteroatoms. The molecule has 0 aromatic carbocycles. The third-order valence-corrected chi connectivity index (χ3v) is 6.99. The predicted octanol–water partition coefficient (Wildman–Crippen LogP) is 1.65. The summed E-state index contributed by atoms with van der Waals surface area (Å²) in [5, 5.41) is 8.19. The van der Waals surface area contributed by atoms with E-state index >= 15 is 0 Å². The summed E-state index contributed by atoms with van der Waals surface area (Å²) in [6, 6.07) is 0.601. The number of ether oxygens (including phenoxy) is 1. The van der Waals surface area contributed by atoms with Crippen molar-refractivity contribution in [3.63, 3.8) is 0 Å². The van der Waals surface area contributed by atoms with E-state index in [1.807, 2.05) is 29.9 Å². The molecule has 1 amide bonds. The Hall–Kier alpha value is -1.40. The zero-order valence-electron chi connectivity index (χ0n) is 16.0. The lowest BCUT2D eigenvalue weighted by molar-refractivity contribution is -0.127. The minimum absolute atomic E-state index is 0.118. The third kappa shape index (κ3) is 2.45. The van der Waals surface area contributed by atoms with Crippen LogP contribution in [0, 0.1) is 24.2 Å². The first kappa shape index (κ1) is 17.0. The van der Waals surface area contributed by atoms with E-state index < -0.39 is 0 Å². The second-order valence-corrected chi connectivity index (χ2v) is 8.67. The highest BCUT2D eigenvalue weighted by Gasteiger charge is 2.59. The molecule has 25 heavy (non-hydrogen) atoms. The van der Waals surface area contributed by atoms with Crippen LogP contribution in [0.1, 0.15) is 44.0 Å². The molecule has 0 spiro atoms. The first-order valence-electron chi connectivity index (χ1n) is 9.41. The highest BCUT2D eigenvalue weighted by atomic mass is 16.5. The number of carbonyl (C=O) groups is 1. The van der Waals surface area contributed by atoms with Gasteiger partial charge in [0.1, 0.15) is 0 Å². The number of rotatable bonds is 4. The topological polar surface area (TPSA) is 59.4 Å². The molecule has 138 valence electrons. The van der Waals surface area contributed by atoms with Gasteiger partial charge in [0, 0.05) is 68.2 Å². The quantitative estimate of drug-likeness (QED) is 0.901. The Morgan fingerprint density at radius 1 is 1.40 bits per heavy atom. The molecule has 0 bridgehead atoms. The van der Waals surface area contributed by atoms with Crippen molar-refractivity contribution in [2.24, 2.45) is 24.3 Å². The van der Waals surface area contributed by atoms with Gasteiger partial charge in [-0.2, -0.15) is 5.10 Å². The molecule has 1 aromatic rings. The number of aryl methyl sites for hydroxylation is 1. The Labute approximate surface area is 149 Å². The van der Waals surface area contributed by atoms with Gasteiger partial charge in [0.15, 0.2) is 0 Å². The van der Waals surface area contributed by atoms with Gasteiger partial charge in [-0.3, -0.25) is 9.48 Å². The smallest absolute Gasteiger partial charge is 0.223 e. The van der Waals surface area contributed by atoms with Crippen LogP contribution in [0.25, 0.3) is 0 Å². The van der Waals surface area contributed by atoms with Crippen LogP contribution in [0.5, 0.6) is 0 Å². The van der Waals surface area contributed by atoms with Crippen LogP contribution in [-0.2, 0) is 16.6 Å². The number of likely N-dealkylation sites (tertiary alicyclic amines) is 1. The minimum atomic E-state index is 0.118. The van der Waals surface area contributed by atoms with Crippen molar-refractivity contribution in [3.05, 3.63) is 17.5 Å². The van der Waals surface area contributed by atoms with Crippen LogP contribution >= 0.6 is 0 Å². The molecule has 2 aliphatic heterocycles.